The molecular weight excluding hydrogens is 270 g/mol. The van der Waals surface area contributed by atoms with Gasteiger partial charge in [-0.2, -0.15) is 0 Å². The van der Waals surface area contributed by atoms with Gasteiger partial charge in [-0.05, 0) is 42.9 Å². The van der Waals surface area contributed by atoms with Gasteiger partial charge in [-0.1, -0.05) is 18.2 Å². The van der Waals surface area contributed by atoms with Gasteiger partial charge in [0.2, 0.25) is 12.7 Å². The van der Waals surface area contributed by atoms with Crippen LogP contribution in [0.5, 0.6) is 11.5 Å². The molecule has 2 atom stereocenters. The Balaban J connectivity index is 1.85. The fourth-order valence-corrected chi connectivity index (χ4v) is 3.90. The minimum absolute atomic E-state index is 0.112. The molecule has 4 rings (SSSR count). The molecule has 1 aromatic carbocycles. The molecule has 2 fully saturated rings. The van der Waals surface area contributed by atoms with Gasteiger partial charge in [0.1, 0.15) is 5.54 Å². The van der Waals surface area contributed by atoms with E-state index in [-0.39, 0.29) is 18.6 Å². The summed E-state index contributed by atoms with van der Waals surface area (Å²) in [5.74, 6) is 1.27. The van der Waals surface area contributed by atoms with Crippen molar-refractivity contribution in [2.45, 2.75) is 31.2 Å². The number of amides is 1. The lowest BCUT2D eigenvalue weighted by Crippen LogP contribution is -2.46. The normalized spacial score (nSPS) is 30.7. The molecule has 0 bridgehead atoms. The number of nitrogens with zero attached hydrogens (tertiary/aromatic N) is 1. The third-order valence-corrected chi connectivity index (χ3v) is 4.95. The second-order valence-electron chi connectivity index (χ2n) is 6.06. The van der Waals surface area contributed by atoms with Crippen molar-refractivity contribution >= 4 is 5.91 Å². The van der Waals surface area contributed by atoms with Crippen molar-refractivity contribution in [2.75, 3.05) is 6.79 Å². The van der Waals surface area contributed by atoms with Crippen molar-refractivity contribution in [3.63, 3.8) is 0 Å². The van der Waals surface area contributed by atoms with Crippen LogP contribution in [0.2, 0.25) is 0 Å². The molecule has 110 valence electrons. The summed E-state index contributed by atoms with van der Waals surface area (Å²) in [5, 5.41) is 11.4. The van der Waals surface area contributed by atoms with Crippen molar-refractivity contribution in [3.8, 4) is 11.5 Å². The molecule has 0 unspecified atom stereocenters. The number of benzene rings is 1. The molecule has 1 saturated carbocycles. The van der Waals surface area contributed by atoms with Gasteiger partial charge in [0.15, 0.2) is 11.5 Å². The number of carbonyl (C=O) groups excluding carboxylic acids is 1. The predicted molar refractivity (Wildman–Crippen MR) is 74.0 cm³/mol. The summed E-state index contributed by atoms with van der Waals surface area (Å²) in [5.41, 5.74) is 1.26. The number of fused-ring (bicyclic) bond motifs is 2. The maximum Gasteiger partial charge on any atom is 0.247 e. The lowest BCUT2D eigenvalue weighted by molar-refractivity contribution is -0.188. The van der Waals surface area contributed by atoms with Crippen LogP contribution in [-0.4, -0.2) is 23.0 Å². The predicted octanol–water partition coefficient (Wildman–Crippen LogP) is 2.59. The SMILES string of the molecule is C=C1CC[C@@H]2CC(=O)N(O)[C@]2(c2ccc3c(c2)OCO3)C1. The first-order valence-corrected chi connectivity index (χ1v) is 7.20. The van der Waals surface area contributed by atoms with Gasteiger partial charge < -0.3 is 9.47 Å². The van der Waals surface area contributed by atoms with Gasteiger partial charge in [0, 0.05) is 6.42 Å². The van der Waals surface area contributed by atoms with E-state index in [1.54, 1.807) is 0 Å². The van der Waals surface area contributed by atoms with E-state index in [4.69, 9.17) is 9.47 Å². The zero-order valence-electron chi connectivity index (χ0n) is 11.7. The van der Waals surface area contributed by atoms with Gasteiger partial charge in [0.25, 0.3) is 0 Å². The molecule has 5 nitrogen and oxygen atoms in total. The van der Waals surface area contributed by atoms with Crippen LogP contribution in [0.15, 0.2) is 30.4 Å². The summed E-state index contributed by atoms with van der Waals surface area (Å²) < 4.78 is 10.8. The van der Waals surface area contributed by atoms with Crippen LogP contribution in [0.4, 0.5) is 0 Å². The van der Waals surface area contributed by atoms with E-state index in [1.165, 1.54) is 0 Å². The largest absolute Gasteiger partial charge is 0.454 e. The second kappa shape index (κ2) is 4.24. The first-order chi connectivity index (χ1) is 10.1. The molecular formula is C16H17NO4. The number of hydroxylamine groups is 2. The quantitative estimate of drug-likeness (QED) is 0.637. The zero-order valence-corrected chi connectivity index (χ0v) is 11.7. The molecule has 2 aliphatic heterocycles. The zero-order chi connectivity index (χ0) is 14.6. The van der Waals surface area contributed by atoms with Gasteiger partial charge in [-0.25, -0.2) is 5.06 Å². The van der Waals surface area contributed by atoms with Crippen LogP contribution in [0.25, 0.3) is 0 Å². The molecule has 1 N–H and O–H groups in total. The fraction of sp³-hybridized carbons (Fsp3) is 0.438. The topological polar surface area (TPSA) is 59.0 Å². The van der Waals surface area contributed by atoms with Crippen LogP contribution in [0.3, 0.4) is 0 Å². The fourth-order valence-electron chi connectivity index (χ4n) is 3.90. The maximum absolute atomic E-state index is 12.0. The van der Waals surface area contributed by atoms with Crippen LogP contribution in [0, 0.1) is 5.92 Å². The van der Waals surface area contributed by atoms with E-state index in [1.807, 2.05) is 18.2 Å². The summed E-state index contributed by atoms with van der Waals surface area (Å²) in [6.07, 6.45) is 2.77. The van der Waals surface area contributed by atoms with Crippen LogP contribution < -0.4 is 9.47 Å². The number of ether oxygens (including phenoxy) is 2. The number of hydrogen-bond acceptors (Lipinski definition) is 4. The molecule has 2 heterocycles. The molecule has 5 heteroatoms. The number of hydrogen-bond donors (Lipinski definition) is 1. The van der Waals surface area contributed by atoms with E-state index in [0.717, 1.165) is 29.0 Å². The Bertz CT molecular complexity index is 641. The Hall–Kier alpha value is -2.01. The minimum Gasteiger partial charge on any atom is -0.454 e. The average Bonchev–Trinajstić information content (AvgIpc) is 3.03. The summed E-state index contributed by atoms with van der Waals surface area (Å²) in [6, 6.07) is 5.65. The van der Waals surface area contributed by atoms with Crippen molar-refractivity contribution in [1.29, 1.82) is 0 Å². The Morgan fingerprint density at radius 2 is 2.14 bits per heavy atom. The van der Waals surface area contributed by atoms with E-state index < -0.39 is 5.54 Å². The van der Waals surface area contributed by atoms with E-state index in [0.29, 0.717) is 24.3 Å². The van der Waals surface area contributed by atoms with Gasteiger partial charge >= 0.3 is 0 Å². The van der Waals surface area contributed by atoms with Gasteiger partial charge in [0.05, 0.1) is 0 Å². The highest BCUT2D eigenvalue weighted by Gasteiger charge is 2.55. The molecule has 0 spiro atoms. The third kappa shape index (κ3) is 1.64. The molecule has 1 amide bonds. The maximum atomic E-state index is 12.0. The van der Waals surface area contributed by atoms with Crippen LogP contribution in [-0.2, 0) is 10.3 Å². The van der Waals surface area contributed by atoms with Crippen LogP contribution in [0.1, 0.15) is 31.2 Å². The summed E-state index contributed by atoms with van der Waals surface area (Å²) >= 11 is 0. The standard InChI is InChI=1S/C16H17NO4/c1-10-2-3-12-7-15(18)17(19)16(12,8-10)11-4-5-13-14(6-11)21-9-20-13/h4-6,12,19H,1-3,7-9H2/t12-,16+/m1/s1. The highest BCUT2D eigenvalue weighted by Crippen LogP contribution is 2.54. The van der Waals surface area contributed by atoms with Gasteiger partial charge in [-0.15, -0.1) is 0 Å². The highest BCUT2D eigenvalue weighted by atomic mass is 16.7. The first kappa shape index (κ1) is 12.7. The highest BCUT2D eigenvalue weighted by molar-refractivity contribution is 5.80. The lowest BCUT2D eigenvalue weighted by atomic mass is 9.68. The molecule has 3 aliphatic rings. The van der Waals surface area contributed by atoms with Crippen molar-refractivity contribution < 1.29 is 19.5 Å². The van der Waals surface area contributed by atoms with Crippen molar-refractivity contribution in [3.05, 3.63) is 35.9 Å². The Morgan fingerprint density at radius 1 is 1.33 bits per heavy atom. The van der Waals surface area contributed by atoms with Crippen molar-refractivity contribution in [2.24, 2.45) is 5.92 Å². The Kier molecular flexibility index (Phi) is 2.57. The second-order valence-corrected chi connectivity index (χ2v) is 6.06. The molecule has 21 heavy (non-hydrogen) atoms. The molecule has 0 aromatic heterocycles. The Morgan fingerprint density at radius 3 is 3.00 bits per heavy atom. The van der Waals surface area contributed by atoms with Gasteiger partial charge in [-0.3, -0.25) is 10.0 Å². The van der Waals surface area contributed by atoms with Crippen LogP contribution >= 0.6 is 0 Å². The molecule has 1 saturated heterocycles. The van der Waals surface area contributed by atoms with E-state index in [2.05, 4.69) is 6.58 Å². The minimum atomic E-state index is -0.701. The summed E-state index contributed by atoms with van der Waals surface area (Å²) in [7, 11) is 0. The molecule has 1 aliphatic carbocycles. The summed E-state index contributed by atoms with van der Waals surface area (Å²) in [4.78, 5) is 12.0. The monoisotopic (exact) mass is 287 g/mol. The van der Waals surface area contributed by atoms with Crippen molar-refractivity contribution in [1.82, 2.24) is 5.06 Å². The number of carbonyl (C=O) groups is 1. The molecule has 0 radical (unpaired) electrons. The first-order valence-electron chi connectivity index (χ1n) is 7.20. The van der Waals surface area contributed by atoms with E-state index in [9.17, 15) is 10.0 Å². The lowest BCUT2D eigenvalue weighted by Gasteiger charge is -2.43. The van der Waals surface area contributed by atoms with E-state index >= 15 is 0 Å². The smallest absolute Gasteiger partial charge is 0.247 e. The molecule has 1 aromatic rings. The Labute approximate surface area is 122 Å². The summed E-state index contributed by atoms with van der Waals surface area (Å²) in [6.45, 7) is 4.28. The number of rotatable bonds is 1. The third-order valence-electron chi connectivity index (χ3n) is 4.95. The average molecular weight is 287 g/mol.